The molecule has 25 heavy (non-hydrogen) atoms. The number of likely N-dealkylation sites (N-methyl/N-ethyl adjacent to an activating group) is 1. The second kappa shape index (κ2) is 8.07. The molecule has 2 aromatic rings. The van der Waals surface area contributed by atoms with Crippen molar-refractivity contribution < 1.29 is 9.18 Å². The van der Waals surface area contributed by atoms with Gasteiger partial charge in [-0.3, -0.25) is 4.79 Å². The summed E-state index contributed by atoms with van der Waals surface area (Å²) in [5.41, 5.74) is 1.34. The fourth-order valence-electron chi connectivity index (χ4n) is 2.82. The topological polar surface area (TPSA) is 48.5 Å². The Morgan fingerprint density at radius 3 is 2.60 bits per heavy atom. The Morgan fingerprint density at radius 1 is 1.16 bits per heavy atom. The molecule has 1 fully saturated rings. The number of pyridine rings is 1. The van der Waals surface area contributed by atoms with Crippen molar-refractivity contribution in [3.05, 3.63) is 59.5 Å². The Balaban J connectivity index is 1.50. The molecule has 3 rings (SSSR count). The normalized spacial score (nSPS) is 15.2. The van der Waals surface area contributed by atoms with Gasteiger partial charge < -0.3 is 15.1 Å². The molecular weight excluding hydrogens is 319 g/mol. The summed E-state index contributed by atoms with van der Waals surface area (Å²) < 4.78 is 13.6. The molecule has 0 saturated carbocycles. The third-order valence-corrected chi connectivity index (χ3v) is 4.43. The van der Waals surface area contributed by atoms with Gasteiger partial charge in [0.05, 0.1) is 6.42 Å². The second-order valence-corrected chi connectivity index (χ2v) is 6.36. The number of aromatic nitrogens is 1. The molecule has 1 N–H and O–H groups in total. The van der Waals surface area contributed by atoms with Gasteiger partial charge in [-0.2, -0.15) is 0 Å². The number of rotatable bonds is 5. The smallest absolute Gasteiger partial charge is 0.224 e. The molecule has 6 heteroatoms. The lowest BCUT2D eigenvalue weighted by atomic mass is 10.1. The highest BCUT2D eigenvalue weighted by Gasteiger charge is 2.15. The molecule has 1 aromatic carbocycles. The zero-order valence-electron chi connectivity index (χ0n) is 14.4. The van der Waals surface area contributed by atoms with Crippen molar-refractivity contribution in [3.8, 4) is 0 Å². The SMILES string of the molecule is CN1CCN(c2ccc(CNC(=O)Cc3ccccc3F)cn2)CC1. The lowest BCUT2D eigenvalue weighted by Gasteiger charge is -2.33. The van der Waals surface area contributed by atoms with Crippen LogP contribution in [0.3, 0.4) is 0 Å². The van der Waals surface area contributed by atoms with Crippen LogP contribution in [0.25, 0.3) is 0 Å². The number of piperazine rings is 1. The minimum absolute atomic E-state index is 0.0412. The summed E-state index contributed by atoms with van der Waals surface area (Å²) in [4.78, 5) is 21.0. The number of hydrogen-bond acceptors (Lipinski definition) is 4. The number of halogens is 1. The largest absolute Gasteiger partial charge is 0.354 e. The average Bonchev–Trinajstić information content (AvgIpc) is 2.63. The summed E-state index contributed by atoms with van der Waals surface area (Å²) in [5.74, 6) is 0.415. The molecule has 0 unspecified atom stereocenters. The lowest BCUT2D eigenvalue weighted by Crippen LogP contribution is -2.44. The molecular formula is C19H23FN4O. The van der Waals surface area contributed by atoms with Gasteiger partial charge in [-0.05, 0) is 30.3 Å². The fraction of sp³-hybridized carbons (Fsp3) is 0.368. The van der Waals surface area contributed by atoms with E-state index in [-0.39, 0.29) is 18.1 Å². The van der Waals surface area contributed by atoms with E-state index < -0.39 is 0 Å². The number of anilines is 1. The summed E-state index contributed by atoms with van der Waals surface area (Å²) in [6, 6.07) is 10.3. The molecule has 1 aromatic heterocycles. The van der Waals surface area contributed by atoms with Gasteiger partial charge in [0, 0.05) is 38.9 Å². The van der Waals surface area contributed by atoms with Gasteiger partial charge in [0.2, 0.25) is 5.91 Å². The third kappa shape index (κ3) is 4.76. The minimum atomic E-state index is -0.351. The molecule has 1 saturated heterocycles. The summed E-state index contributed by atoms with van der Waals surface area (Å²) >= 11 is 0. The van der Waals surface area contributed by atoms with Crippen LogP contribution in [0.2, 0.25) is 0 Å². The van der Waals surface area contributed by atoms with Crippen molar-refractivity contribution in [2.75, 3.05) is 38.1 Å². The van der Waals surface area contributed by atoms with Crippen LogP contribution in [0.1, 0.15) is 11.1 Å². The summed E-state index contributed by atoms with van der Waals surface area (Å²) in [5, 5.41) is 2.81. The first-order chi connectivity index (χ1) is 12.1. The van der Waals surface area contributed by atoms with E-state index >= 15 is 0 Å². The molecule has 1 aliphatic rings. The predicted molar refractivity (Wildman–Crippen MR) is 95.9 cm³/mol. The standard InChI is InChI=1S/C19H23FN4O/c1-23-8-10-24(11-9-23)18-7-6-15(13-21-18)14-22-19(25)12-16-4-2-3-5-17(16)20/h2-7,13H,8-12,14H2,1H3,(H,22,25). The van der Waals surface area contributed by atoms with E-state index in [9.17, 15) is 9.18 Å². The van der Waals surface area contributed by atoms with Crippen LogP contribution in [0.4, 0.5) is 10.2 Å². The summed E-state index contributed by atoms with van der Waals surface area (Å²) in [7, 11) is 2.12. The van der Waals surface area contributed by atoms with Crippen LogP contribution < -0.4 is 10.2 Å². The monoisotopic (exact) mass is 342 g/mol. The van der Waals surface area contributed by atoms with E-state index in [2.05, 4.69) is 27.1 Å². The Labute approximate surface area is 147 Å². The summed E-state index contributed by atoms with van der Waals surface area (Å²) in [6.45, 7) is 4.42. The van der Waals surface area contributed by atoms with Crippen molar-refractivity contribution in [1.82, 2.24) is 15.2 Å². The Morgan fingerprint density at radius 2 is 1.92 bits per heavy atom. The molecule has 0 atom stereocenters. The Kier molecular flexibility index (Phi) is 5.60. The van der Waals surface area contributed by atoms with Crippen LogP contribution in [0, 0.1) is 5.82 Å². The average molecular weight is 342 g/mol. The van der Waals surface area contributed by atoms with E-state index in [1.807, 2.05) is 12.1 Å². The summed E-state index contributed by atoms with van der Waals surface area (Å²) in [6.07, 6.45) is 1.83. The first kappa shape index (κ1) is 17.4. The Hall–Kier alpha value is -2.47. The molecule has 0 radical (unpaired) electrons. The number of carbonyl (C=O) groups excluding carboxylic acids is 1. The number of nitrogens with zero attached hydrogens (tertiary/aromatic N) is 3. The number of amides is 1. The molecule has 1 amide bonds. The van der Waals surface area contributed by atoms with Crippen molar-refractivity contribution in [3.63, 3.8) is 0 Å². The van der Waals surface area contributed by atoms with Crippen LogP contribution in [-0.2, 0) is 17.8 Å². The number of carbonyl (C=O) groups is 1. The van der Waals surface area contributed by atoms with E-state index in [1.165, 1.54) is 6.07 Å². The third-order valence-electron chi connectivity index (χ3n) is 4.43. The van der Waals surface area contributed by atoms with Gasteiger partial charge in [-0.25, -0.2) is 9.37 Å². The highest BCUT2D eigenvalue weighted by molar-refractivity contribution is 5.78. The fourth-order valence-corrected chi connectivity index (χ4v) is 2.82. The van der Waals surface area contributed by atoms with E-state index in [1.54, 1.807) is 24.4 Å². The minimum Gasteiger partial charge on any atom is -0.354 e. The lowest BCUT2D eigenvalue weighted by molar-refractivity contribution is -0.120. The molecule has 0 spiro atoms. The van der Waals surface area contributed by atoms with Gasteiger partial charge >= 0.3 is 0 Å². The maximum Gasteiger partial charge on any atom is 0.224 e. The molecule has 2 heterocycles. The van der Waals surface area contributed by atoms with Gasteiger partial charge in [0.25, 0.3) is 0 Å². The van der Waals surface area contributed by atoms with Crippen molar-refractivity contribution in [1.29, 1.82) is 0 Å². The number of nitrogens with one attached hydrogen (secondary N) is 1. The molecule has 132 valence electrons. The van der Waals surface area contributed by atoms with Gasteiger partial charge in [0.15, 0.2) is 0 Å². The molecule has 0 aliphatic carbocycles. The van der Waals surface area contributed by atoms with Crippen molar-refractivity contribution in [2.45, 2.75) is 13.0 Å². The Bertz CT molecular complexity index is 712. The number of benzene rings is 1. The number of hydrogen-bond donors (Lipinski definition) is 1. The van der Waals surface area contributed by atoms with Crippen LogP contribution in [0.5, 0.6) is 0 Å². The van der Waals surface area contributed by atoms with E-state index in [4.69, 9.17) is 0 Å². The van der Waals surface area contributed by atoms with Crippen LogP contribution >= 0.6 is 0 Å². The van der Waals surface area contributed by atoms with Gasteiger partial charge in [-0.15, -0.1) is 0 Å². The molecule has 5 nitrogen and oxygen atoms in total. The second-order valence-electron chi connectivity index (χ2n) is 6.36. The molecule has 0 bridgehead atoms. The maximum atomic E-state index is 13.6. The molecule has 1 aliphatic heterocycles. The zero-order chi connectivity index (χ0) is 17.6. The quantitative estimate of drug-likeness (QED) is 0.901. The van der Waals surface area contributed by atoms with Crippen LogP contribution in [0.15, 0.2) is 42.6 Å². The first-order valence-electron chi connectivity index (χ1n) is 8.50. The van der Waals surface area contributed by atoms with E-state index in [0.29, 0.717) is 12.1 Å². The van der Waals surface area contributed by atoms with Crippen molar-refractivity contribution in [2.24, 2.45) is 0 Å². The highest BCUT2D eigenvalue weighted by Crippen LogP contribution is 2.13. The first-order valence-corrected chi connectivity index (χ1v) is 8.50. The van der Waals surface area contributed by atoms with Gasteiger partial charge in [0.1, 0.15) is 11.6 Å². The van der Waals surface area contributed by atoms with E-state index in [0.717, 1.165) is 37.6 Å². The predicted octanol–water partition coefficient (Wildman–Crippen LogP) is 1.83. The highest BCUT2D eigenvalue weighted by atomic mass is 19.1. The maximum absolute atomic E-state index is 13.6. The van der Waals surface area contributed by atoms with Crippen LogP contribution in [-0.4, -0.2) is 49.0 Å². The zero-order valence-corrected chi connectivity index (χ0v) is 14.4. The van der Waals surface area contributed by atoms with Crippen molar-refractivity contribution >= 4 is 11.7 Å². The van der Waals surface area contributed by atoms with Gasteiger partial charge in [-0.1, -0.05) is 24.3 Å².